The molecule has 0 aromatic carbocycles. The number of carbonyl (C=O) groups excluding carboxylic acids is 2. The van der Waals surface area contributed by atoms with E-state index in [-0.39, 0.29) is 28.9 Å². The average Bonchev–Trinajstić information content (AvgIpc) is 3.33. The van der Waals surface area contributed by atoms with E-state index in [2.05, 4.69) is 20.4 Å². The van der Waals surface area contributed by atoms with Gasteiger partial charge in [0.1, 0.15) is 16.4 Å². The van der Waals surface area contributed by atoms with Gasteiger partial charge in [0.05, 0.1) is 34.3 Å². The number of carboxylic acid groups (broad SMARTS) is 1. The summed E-state index contributed by atoms with van der Waals surface area (Å²) in [4.78, 5) is 47.5. The standard InChI is InChI=1S/C17H15ClN6O5S3/c18-12-8(31-6-20-12)1-2-17(15(27)28)13(22-9(25)3-7-5-30-16(19)21-7)24-10(26)4-11(24)32-14(17)23-29/h1-2,5-6,11,13,29H,3-4H2,(H2,19,21)(H,22,25)(H,27,28)/t11-,13?,17?/m1/s1. The molecule has 4 rings (SSSR count). The highest BCUT2D eigenvalue weighted by atomic mass is 35.5. The molecule has 15 heteroatoms. The zero-order chi connectivity index (χ0) is 23.0. The molecule has 0 bridgehead atoms. The summed E-state index contributed by atoms with van der Waals surface area (Å²) in [6.45, 7) is 0. The van der Waals surface area contributed by atoms with Crippen LogP contribution in [0.5, 0.6) is 0 Å². The zero-order valence-corrected chi connectivity index (χ0v) is 19.2. The van der Waals surface area contributed by atoms with E-state index in [0.29, 0.717) is 15.7 Å². The van der Waals surface area contributed by atoms with Crippen LogP contribution in [0.4, 0.5) is 5.13 Å². The Kier molecular flexibility index (Phi) is 6.11. The summed E-state index contributed by atoms with van der Waals surface area (Å²) in [5.41, 5.74) is 5.43. The number of nitrogen functional groups attached to an aromatic ring is 1. The molecule has 0 radical (unpaired) electrons. The molecule has 2 aliphatic heterocycles. The van der Waals surface area contributed by atoms with Gasteiger partial charge in [-0.1, -0.05) is 34.6 Å². The molecule has 2 aromatic rings. The van der Waals surface area contributed by atoms with Crippen molar-refractivity contribution >= 4 is 80.1 Å². The molecule has 2 saturated heterocycles. The monoisotopic (exact) mass is 514 g/mol. The van der Waals surface area contributed by atoms with E-state index in [1.165, 1.54) is 45.2 Å². The molecule has 0 aliphatic carbocycles. The molecule has 5 N–H and O–H groups in total. The summed E-state index contributed by atoms with van der Waals surface area (Å²) in [7, 11) is 0. The summed E-state index contributed by atoms with van der Waals surface area (Å²) in [5.74, 6) is -2.33. The lowest BCUT2D eigenvalue weighted by molar-refractivity contribution is -0.157. The molecule has 2 amide bonds. The predicted octanol–water partition coefficient (Wildman–Crippen LogP) is 1.70. The fraction of sp³-hybridized carbons (Fsp3) is 0.294. The number of hydrogen-bond acceptors (Lipinski definition) is 11. The Morgan fingerprint density at radius 1 is 1.47 bits per heavy atom. The number of carbonyl (C=O) groups is 3. The number of anilines is 1. The van der Waals surface area contributed by atoms with Gasteiger partial charge in [-0.2, -0.15) is 0 Å². The van der Waals surface area contributed by atoms with Crippen molar-refractivity contribution in [3.63, 3.8) is 0 Å². The first-order chi connectivity index (χ1) is 15.3. The van der Waals surface area contributed by atoms with Gasteiger partial charge < -0.3 is 26.3 Å². The van der Waals surface area contributed by atoms with Crippen molar-refractivity contribution in [2.75, 3.05) is 5.73 Å². The van der Waals surface area contributed by atoms with Gasteiger partial charge in [0.15, 0.2) is 10.5 Å². The van der Waals surface area contributed by atoms with Crippen molar-refractivity contribution in [2.24, 2.45) is 10.6 Å². The number of aliphatic carboxylic acids is 1. The molecule has 2 aromatic heterocycles. The first-order valence-corrected chi connectivity index (χ1v) is 12.0. The van der Waals surface area contributed by atoms with Crippen LogP contribution in [0.2, 0.25) is 5.15 Å². The highest BCUT2D eigenvalue weighted by Gasteiger charge is 2.62. The number of carboxylic acids is 1. The molecule has 11 nitrogen and oxygen atoms in total. The molecule has 32 heavy (non-hydrogen) atoms. The number of oxime groups is 1. The molecular formula is C17H15ClN6O5S3. The molecule has 2 unspecified atom stereocenters. The maximum absolute atomic E-state index is 12.8. The summed E-state index contributed by atoms with van der Waals surface area (Å²) in [6, 6.07) is 0. The Morgan fingerprint density at radius 3 is 2.81 bits per heavy atom. The summed E-state index contributed by atoms with van der Waals surface area (Å²) >= 11 is 9.31. The number of aromatic nitrogens is 2. The van der Waals surface area contributed by atoms with Crippen LogP contribution < -0.4 is 11.1 Å². The second-order valence-electron chi connectivity index (χ2n) is 6.82. The number of rotatable bonds is 6. The van der Waals surface area contributed by atoms with Gasteiger partial charge in [0.2, 0.25) is 11.8 Å². The number of nitrogens with zero attached hydrogens (tertiary/aromatic N) is 4. The van der Waals surface area contributed by atoms with Crippen LogP contribution in [0.1, 0.15) is 17.0 Å². The topological polar surface area (TPSA) is 171 Å². The van der Waals surface area contributed by atoms with E-state index in [4.69, 9.17) is 17.3 Å². The maximum atomic E-state index is 12.8. The highest BCUT2D eigenvalue weighted by molar-refractivity contribution is 8.14. The lowest BCUT2D eigenvalue weighted by Gasteiger charge is -2.54. The number of hydrogen-bond donors (Lipinski definition) is 4. The fourth-order valence-electron chi connectivity index (χ4n) is 3.43. The Labute approximate surface area is 198 Å². The van der Waals surface area contributed by atoms with Crippen molar-refractivity contribution in [2.45, 2.75) is 24.4 Å². The Balaban J connectivity index is 1.74. The third-order valence-electron chi connectivity index (χ3n) is 4.96. The van der Waals surface area contributed by atoms with E-state index in [1.807, 2.05) is 0 Å². The van der Waals surface area contributed by atoms with Gasteiger partial charge in [0, 0.05) is 5.38 Å². The number of fused-ring (bicyclic) bond motifs is 1. The number of thiazole rings is 2. The maximum Gasteiger partial charge on any atom is 0.324 e. The minimum atomic E-state index is -2.06. The van der Waals surface area contributed by atoms with E-state index in [0.717, 1.165) is 11.8 Å². The predicted molar refractivity (Wildman–Crippen MR) is 120 cm³/mol. The quantitative estimate of drug-likeness (QED) is 0.254. The van der Waals surface area contributed by atoms with Gasteiger partial charge in [-0.3, -0.25) is 14.4 Å². The molecule has 168 valence electrons. The minimum Gasteiger partial charge on any atom is -0.480 e. The first-order valence-electron chi connectivity index (χ1n) is 8.97. The lowest BCUT2D eigenvalue weighted by atomic mass is 9.81. The zero-order valence-electron chi connectivity index (χ0n) is 16.0. The molecular weight excluding hydrogens is 500 g/mol. The summed E-state index contributed by atoms with van der Waals surface area (Å²) in [5, 5.41) is 27.2. The fourth-order valence-corrected chi connectivity index (χ4v) is 6.21. The van der Waals surface area contributed by atoms with Gasteiger partial charge in [-0.05, 0) is 6.08 Å². The smallest absolute Gasteiger partial charge is 0.324 e. The first kappa shape index (κ1) is 22.5. The average molecular weight is 515 g/mol. The lowest BCUT2D eigenvalue weighted by Crippen LogP contribution is -2.73. The van der Waals surface area contributed by atoms with Gasteiger partial charge in [0.25, 0.3) is 0 Å². The van der Waals surface area contributed by atoms with Crippen LogP contribution in [0.3, 0.4) is 0 Å². The van der Waals surface area contributed by atoms with E-state index in [9.17, 15) is 24.7 Å². The van der Waals surface area contributed by atoms with Crippen LogP contribution in [0.15, 0.2) is 22.1 Å². The number of thioether (sulfide) groups is 1. The van der Waals surface area contributed by atoms with Crippen molar-refractivity contribution in [3.05, 3.63) is 32.7 Å². The Morgan fingerprint density at radius 2 is 2.25 bits per heavy atom. The Bertz CT molecular complexity index is 1150. The molecule has 3 atom stereocenters. The number of β-lactam (4-membered cyclic amide) rings is 1. The van der Waals surface area contributed by atoms with Crippen molar-refractivity contribution in [1.29, 1.82) is 0 Å². The number of halogens is 1. The number of nitrogens with two attached hydrogens (primary N) is 1. The highest BCUT2D eigenvalue weighted by Crippen LogP contribution is 2.48. The molecule has 0 saturated carbocycles. The van der Waals surface area contributed by atoms with Crippen LogP contribution in [-0.4, -0.2) is 59.5 Å². The van der Waals surface area contributed by atoms with Gasteiger partial charge in [-0.15, -0.1) is 22.7 Å². The van der Waals surface area contributed by atoms with Crippen LogP contribution >= 0.6 is 46.0 Å². The van der Waals surface area contributed by atoms with Crippen LogP contribution in [0.25, 0.3) is 6.08 Å². The van der Waals surface area contributed by atoms with E-state index < -0.39 is 28.8 Å². The van der Waals surface area contributed by atoms with E-state index >= 15 is 0 Å². The Hall–Kier alpha value is -2.68. The largest absolute Gasteiger partial charge is 0.480 e. The normalized spacial score (nSPS) is 26.2. The number of nitrogens with one attached hydrogen (secondary N) is 1. The van der Waals surface area contributed by atoms with Crippen LogP contribution in [0, 0.1) is 5.41 Å². The summed E-state index contributed by atoms with van der Waals surface area (Å²) in [6.07, 6.45) is 1.29. The van der Waals surface area contributed by atoms with Crippen molar-refractivity contribution < 1.29 is 24.7 Å². The van der Waals surface area contributed by atoms with Crippen LogP contribution in [-0.2, 0) is 20.8 Å². The van der Waals surface area contributed by atoms with Crippen molar-refractivity contribution in [1.82, 2.24) is 20.2 Å². The molecule has 2 fully saturated rings. The molecule has 4 heterocycles. The third-order valence-corrected chi connectivity index (χ3v) is 8.20. The van der Waals surface area contributed by atoms with E-state index in [1.54, 1.807) is 5.38 Å². The minimum absolute atomic E-state index is 0.124. The third kappa shape index (κ3) is 3.83. The van der Waals surface area contributed by atoms with Gasteiger partial charge in [-0.25, -0.2) is 9.97 Å². The second-order valence-corrected chi connectivity index (χ2v) is 10.1. The SMILES string of the molecule is Nc1nc(CC(=O)NC2N3C(=O)C[C@H]3SC(=NO)C2(C=Cc2scnc2Cl)C(=O)O)cs1. The summed E-state index contributed by atoms with van der Waals surface area (Å²) < 4.78 is 0. The second kappa shape index (κ2) is 8.69. The number of amides is 2. The van der Waals surface area contributed by atoms with Crippen molar-refractivity contribution in [3.8, 4) is 0 Å². The van der Waals surface area contributed by atoms with Gasteiger partial charge >= 0.3 is 5.97 Å². The molecule has 2 aliphatic rings. The molecule has 0 spiro atoms.